The topological polar surface area (TPSA) is 70.2 Å². The molecule has 1 aliphatic rings. The number of ether oxygens (including phenoxy) is 1. The lowest BCUT2D eigenvalue weighted by molar-refractivity contribution is -0.133. The van der Waals surface area contributed by atoms with Crippen LogP contribution in [0.4, 0.5) is 5.69 Å². The van der Waals surface area contributed by atoms with Crippen molar-refractivity contribution in [2.24, 2.45) is 0 Å². The Balaban J connectivity index is 1.64. The third-order valence-electron chi connectivity index (χ3n) is 5.39. The molecule has 0 aromatic heterocycles. The van der Waals surface area contributed by atoms with Gasteiger partial charge in [-0.1, -0.05) is 43.1 Å². The summed E-state index contributed by atoms with van der Waals surface area (Å²) in [6, 6.07) is 12.0. The number of sulfonamides is 1. The Morgan fingerprint density at radius 1 is 1.00 bits per heavy atom. The van der Waals surface area contributed by atoms with E-state index >= 15 is 0 Å². The van der Waals surface area contributed by atoms with E-state index in [1.807, 2.05) is 24.3 Å². The summed E-state index contributed by atoms with van der Waals surface area (Å²) in [5, 5.41) is 0.958. The Bertz CT molecular complexity index is 1050. The van der Waals surface area contributed by atoms with E-state index in [1.165, 1.54) is 16.4 Å². The number of piperazine rings is 1. The van der Waals surface area contributed by atoms with E-state index in [-0.39, 0.29) is 28.2 Å². The van der Waals surface area contributed by atoms with Gasteiger partial charge in [0.25, 0.3) is 5.91 Å². The van der Waals surface area contributed by atoms with Gasteiger partial charge >= 0.3 is 0 Å². The Morgan fingerprint density at radius 2 is 1.66 bits per heavy atom. The van der Waals surface area contributed by atoms with E-state index in [9.17, 15) is 13.2 Å². The first-order valence-corrected chi connectivity index (χ1v) is 12.7. The number of rotatable bonds is 8. The molecule has 0 saturated carbocycles. The lowest BCUT2D eigenvalue weighted by atomic mass is 10.2. The van der Waals surface area contributed by atoms with Crippen LogP contribution in [0.2, 0.25) is 10.0 Å². The SMILES string of the molecule is CCN(CC)S(=O)(=O)c1cc(Cl)ccc1OCC(=O)N1CCN(c2cccc(Cl)c2)CC1. The summed E-state index contributed by atoms with van der Waals surface area (Å²) < 4.78 is 33.0. The van der Waals surface area contributed by atoms with E-state index in [0.29, 0.717) is 44.3 Å². The highest BCUT2D eigenvalue weighted by Gasteiger charge is 2.27. The molecule has 0 N–H and O–H groups in total. The number of hydrogen-bond donors (Lipinski definition) is 0. The van der Waals surface area contributed by atoms with Crippen molar-refractivity contribution in [1.82, 2.24) is 9.21 Å². The Morgan fingerprint density at radius 3 is 2.28 bits per heavy atom. The molecule has 1 aliphatic heterocycles. The predicted octanol–water partition coefficient (Wildman–Crippen LogP) is 3.75. The van der Waals surface area contributed by atoms with Crippen LogP contribution < -0.4 is 9.64 Å². The van der Waals surface area contributed by atoms with E-state index in [4.69, 9.17) is 27.9 Å². The Hall–Kier alpha value is -2.00. The minimum Gasteiger partial charge on any atom is -0.482 e. The number of hydrogen-bond acceptors (Lipinski definition) is 5. The fourth-order valence-electron chi connectivity index (χ4n) is 3.62. The van der Waals surface area contributed by atoms with Gasteiger partial charge in [0.1, 0.15) is 10.6 Å². The van der Waals surface area contributed by atoms with Crippen molar-refractivity contribution in [3.8, 4) is 5.75 Å². The summed E-state index contributed by atoms with van der Waals surface area (Å²) in [5.41, 5.74) is 1.02. The van der Waals surface area contributed by atoms with Crippen molar-refractivity contribution in [3.63, 3.8) is 0 Å². The maximum atomic E-state index is 13.0. The van der Waals surface area contributed by atoms with Crippen molar-refractivity contribution in [2.45, 2.75) is 18.7 Å². The number of amides is 1. The van der Waals surface area contributed by atoms with Crippen LogP contribution in [0.15, 0.2) is 47.4 Å². The van der Waals surface area contributed by atoms with Gasteiger partial charge in [0.2, 0.25) is 10.0 Å². The van der Waals surface area contributed by atoms with Crippen LogP contribution in [0.3, 0.4) is 0 Å². The van der Waals surface area contributed by atoms with Crippen LogP contribution in [0.1, 0.15) is 13.8 Å². The highest BCUT2D eigenvalue weighted by Crippen LogP contribution is 2.30. The molecule has 10 heteroatoms. The van der Waals surface area contributed by atoms with Gasteiger partial charge < -0.3 is 14.5 Å². The maximum Gasteiger partial charge on any atom is 0.260 e. The van der Waals surface area contributed by atoms with Gasteiger partial charge in [0.15, 0.2) is 6.61 Å². The fraction of sp³-hybridized carbons (Fsp3) is 0.409. The van der Waals surface area contributed by atoms with E-state index in [1.54, 1.807) is 24.8 Å². The van der Waals surface area contributed by atoms with Crippen molar-refractivity contribution in [3.05, 3.63) is 52.5 Å². The van der Waals surface area contributed by atoms with Crippen LogP contribution in [0.25, 0.3) is 0 Å². The zero-order chi connectivity index (χ0) is 23.3. The van der Waals surface area contributed by atoms with Crippen molar-refractivity contribution >= 4 is 44.8 Å². The monoisotopic (exact) mass is 499 g/mol. The number of carbonyl (C=O) groups excluding carboxylic acids is 1. The minimum absolute atomic E-state index is 0.0349. The Labute approximate surface area is 199 Å². The molecular formula is C22H27Cl2N3O4S. The van der Waals surface area contributed by atoms with Gasteiger partial charge in [0.05, 0.1) is 0 Å². The van der Waals surface area contributed by atoms with Gasteiger partial charge in [0, 0.05) is 55.0 Å². The molecule has 2 aromatic rings. The molecule has 7 nitrogen and oxygen atoms in total. The van der Waals surface area contributed by atoms with Crippen molar-refractivity contribution < 1.29 is 17.9 Å². The first-order chi connectivity index (χ1) is 15.3. The Kier molecular flexibility index (Phi) is 8.27. The highest BCUT2D eigenvalue weighted by molar-refractivity contribution is 7.89. The van der Waals surface area contributed by atoms with E-state index < -0.39 is 10.0 Å². The molecule has 1 saturated heterocycles. The van der Waals surface area contributed by atoms with Crippen molar-refractivity contribution in [2.75, 3.05) is 50.8 Å². The molecule has 3 rings (SSSR count). The first kappa shape index (κ1) is 24.6. The van der Waals surface area contributed by atoms with Crippen LogP contribution in [-0.4, -0.2) is 69.4 Å². The van der Waals surface area contributed by atoms with Gasteiger partial charge in [-0.15, -0.1) is 0 Å². The second-order valence-electron chi connectivity index (χ2n) is 7.32. The second-order valence-corrected chi connectivity index (χ2v) is 10.1. The van der Waals surface area contributed by atoms with Crippen molar-refractivity contribution in [1.29, 1.82) is 0 Å². The third-order valence-corrected chi connectivity index (χ3v) is 7.93. The molecule has 1 fully saturated rings. The number of benzene rings is 2. The second kappa shape index (κ2) is 10.7. The molecule has 0 atom stereocenters. The molecule has 1 heterocycles. The number of carbonyl (C=O) groups is 1. The van der Waals surface area contributed by atoms with Gasteiger partial charge in [-0.25, -0.2) is 8.42 Å². The number of nitrogens with zero attached hydrogens (tertiary/aromatic N) is 3. The van der Waals surface area contributed by atoms with Crippen LogP contribution >= 0.6 is 23.2 Å². The highest BCUT2D eigenvalue weighted by atomic mass is 35.5. The summed E-state index contributed by atoms with van der Waals surface area (Å²) >= 11 is 12.1. The van der Waals surface area contributed by atoms with Gasteiger partial charge in [-0.3, -0.25) is 4.79 Å². The average molecular weight is 500 g/mol. The quantitative estimate of drug-likeness (QED) is 0.552. The molecule has 0 spiro atoms. The molecule has 0 unspecified atom stereocenters. The molecule has 1 amide bonds. The van der Waals surface area contributed by atoms with Gasteiger partial charge in [-0.05, 0) is 36.4 Å². The molecule has 0 aliphatic carbocycles. The minimum atomic E-state index is -3.79. The molecule has 0 bridgehead atoms. The fourth-order valence-corrected chi connectivity index (χ4v) is 5.66. The van der Waals surface area contributed by atoms with Gasteiger partial charge in [-0.2, -0.15) is 4.31 Å². The summed E-state index contributed by atoms with van der Waals surface area (Å²) in [7, 11) is -3.79. The molecule has 32 heavy (non-hydrogen) atoms. The van der Waals surface area contributed by atoms with Crippen LogP contribution in [0, 0.1) is 0 Å². The standard InChI is InChI=1S/C22H27Cl2N3O4S/c1-3-27(4-2)32(29,30)21-15-18(24)8-9-20(21)31-16-22(28)26-12-10-25(11-13-26)19-7-5-6-17(23)14-19/h5-9,14-15H,3-4,10-13,16H2,1-2H3. The number of halogens is 2. The normalized spacial score (nSPS) is 14.7. The smallest absolute Gasteiger partial charge is 0.260 e. The van der Waals surface area contributed by atoms with Crippen LogP contribution in [-0.2, 0) is 14.8 Å². The van der Waals surface area contributed by atoms with E-state index in [0.717, 1.165) is 5.69 Å². The zero-order valence-corrected chi connectivity index (χ0v) is 20.5. The molecular weight excluding hydrogens is 473 g/mol. The summed E-state index contributed by atoms with van der Waals surface area (Å²) in [6.07, 6.45) is 0. The first-order valence-electron chi connectivity index (χ1n) is 10.5. The lowest BCUT2D eigenvalue weighted by Gasteiger charge is -2.36. The van der Waals surface area contributed by atoms with Crippen LogP contribution in [0.5, 0.6) is 5.75 Å². The van der Waals surface area contributed by atoms with E-state index in [2.05, 4.69) is 4.90 Å². The molecule has 0 radical (unpaired) electrons. The zero-order valence-electron chi connectivity index (χ0n) is 18.1. The maximum absolute atomic E-state index is 13.0. The lowest BCUT2D eigenvalue weighted by Crippen LogP contribution is -2.50. The summed E-state index contributed by atoms with van der Waals surface area (Å²) in [5.74, 6) is -0.0795. The third kappa shape index (κ3) is 5.67. The largest absolute Gasteiger partial charge is 0.482 e. The summed E-state index contributed by atoms with van der Waals surface area (Å²) in [6.45, 7) is 6.35. The molecule has 174 valence electrons. The number of anilines is 1. The molecule has 2 aromatic carbocycles. The predicted molar refractivity (Wildman–Crippen MR) is 127 cm³/mol. The summed E-state index contributed by atoms with van der Waals surface area (Å²) in [4.78, 5) is 16.6. The average Bonchev–Trinajstić information content (AvgIpc) is 2.78.